The van der Waals surface area contributed by atoms with Gasteiger partial charge >= 0.3 is 0 Å². The van der Waals surface area contributed by atoms with Gasteiger partial charge in [-0.15, -0.1) is 0 Å². The molecule has 130 valence electrons. The first kappa shape index (κ1) is 23.0. The molecule has 0 saturated carbocycles. The van der Waals surface area contributed by atoms with Crippen LogP contribution in [0.4, 0.5) is 0 Å². The van der Waals surface area contributed by atoms with Crippen LogP contribution in [0.3, 0.4) is 0 Å². The third-order valence-corrected chi connectivity index (χ3v) is 3.42. The van der Waals surface area contributed by atoms with Crippen molar-refractivity contribution in [3.63, 3.8) is 0 Å². The van der Waals surface area contributed by atoms with Gasteiger partial charge in [-0.3, -0.25) is 0 Å². The van der Waals surface area contributed by atoms with E-state index in [2.05, 4.69) is 13.8 Å². The maximum atomic E-state index is 9.47. The van der Waals surface area contributed by atoms with Gasteiger partial charge in [0.25, 0.3) is 0 Å². The molecule has 0 amide bonds. The average molecular weight is 314 g/mol. The van der Waals surface area contributed by atoms with Gasteiger partial charge in [0.15, 0.2) is 0 Å². The summed E-state index contributed by atoms with van der Waals surface area (Å²) < 4.78 is 11.2. The van der Waals surface area contributed by atoms with E-state index in [9.17, 15) is 5.11 Å². The molecule has 4 heteroatoms. The quantitative estimate of drug-likeness (QED) is 0.699. The first-order chi connectivity index (χ1) is 10.7. The van der Waals surface area contributed by atoms with E-state index >= 15 is 0 Å². The largest absolute Gasteiger partial charge is 0.508 e. The lowest BCUT2D eigenvalue weighted by Gasteiger charge is -2.33. The number of rotatable bonds is 8. The zero-order valence-electron chi connectivity index (χ0n) is 15.1. The van der Waals surface area contributed by atoms with E-state index in [1.165, 1.54) is 0 Å². The van der Waals surface area contributed by atoms with E-state index in [-0.39, 0.29) is 11.4 Å². The van der Waals surface area contributed by atoms with Crippen LogP contribution in [-0.2, 0) is 4.74 Å². The second kappa shape index (κ2) is 14.7. The van der Waals surface area contributed by atoms with Crippen LogP contribution in [0.15, 0.2) is 24.3 Å². The van der Waals surface area contributed by atoms with Crippen LogP contribution in [0.1, 0.15) is 53.4 Å². The predicted octanol–water partition coefficient (Wildman–Crippen LogP) is 4.39. The first-order valence-corrected chi connectivity index (χ1v) is 8.07. The van der Waals surface area contributed by atoms with Crippen molar-refractivity contribution < 1.29 is 19.7 Å². The molecule has 0 spiro atoms. The molecule has 4 nitrogen and oxygen atoms in total. The summed E-state index contributed by atoms with van der Waals surface area (Å²) in [5, 5.41) is 16.5. The summed E-state index contributed by atoms with van der Waals surface area (Å²) in [6, 6.07) is 7.00. The van der Waals surface area contributed by atoms with Gasteiger partial charge in [-0.05, 0) is 37.8 Å². The number of aliphatic hydroxyl groups excluding tert-OH is 1. The Kier molecular flexibility index (Phi) is 15.3. The maximum Gasteiger partial charge on any atom is 0.123 e. The Labute approximate surface area is 136 Å². The van der Waals surface area contributed by atoms with Crippen molar-refractivity contribution in [2.24, 2.45) is 0 Å². The predicted molar refractivity (Wildman–Crippen MR) is 92.6 cm³/mol. The maximum absolute atomic E-state index is 9.47. The Morgan fingerprint density at radius 3 is 2.14 bits per heavy atom. The number of aromatic hydroxyl groups is 1. The van der Waals surface area contributed by atoms with Crippen molar-refractivity contribution in [1.82, 2.24) is 0 Å². The van der Waals surface area contributed by atoms with Crippen LogP contribution in [-0.4, -0.2) is 36.6 Å². The third kappa shape index (κ3) is 8.90. The fourth-order valence-electron chi connectivity index (χ4n) is 2.13. The Balaban J connectivity index is 0. The Bertz CT molecular complexity index is 349. The zero-order chi connectivity index (χ0) is 17.4. The molecule has 1 aromatic rings. The van der Waals surface area contributed by atoms with Crippen molar-refractivity contribution in [3.05, 3.63) is 24.3 Å². The monoisotopic (exact) mass is 314 g/mol. The van der Waals surface area contributed by atoms with Gasteiger partial charge in [-0.25, -0.2) is 0 Å². The normalized spacial score (nSPS) is 9.95. The van der Waals surface area contributed by atoms with Crippen molar-refractivity contribution in [3.8, 4) is 11.5 Å². The third-order valence-electron chi connectivity index (χ3n) is 3.42. The summed E-state index contributed by atoms with van der Waals surface area (Å²) in [4.78, 5) is 0. The standard InChI is InChI=1S/C15H24O3.C2H6.CH4O/c1-4-15(5-2,10-7-11-17-3)18-14-9-6-8-13(16)12-14;2*1-2/h6,8-9,12,16H,4-5,7,10-11H2,1-3H3;1-2H3;2H,1H3. The number of hydrogen-bond acceptors (Lipinski definition) is 4. The number of methoxy groups -OCH3 is 1. The Morgan fingerprint density at radius 1 is 1.09 bits per heavy atom. The van der Waals surface area contributed by atoms with Crippen LogP contribution in [0, 0.1) is 0 Å². The molecule has 0 aliphatic carbocycles. The lowest BCUT2D eigenvalue weighted by molar-refractivity contribution is 0.0407. The second-order valence-corrected chi connectivity index (χ2v) is 4.59. The zero-order valence-corrected chi connectivity index (χ0v) is 15.1. The molecule has 2 N–H and O–H groups in total. The fraction of sp³-hybridized carbons (Fsp3) is 0.667. The Hall–Kier alpha value is -1.26. The van der Waals surface area contributed by atoms with Crippen LogP contribution in [0.2, 0.25) is 0 Å². The Morgan fingerprint density at radius 2 is 1.68 bits per heavy atom. The minimum Gasteiger partial charge on any atom is -0.508 e. The molecule has 0 aliphatic rings. The van der Waals surface area contributed by atoms with Crippen molar-refractivity contribution in [2.75, 3.05) is 20.8 Å². The molecule has 0 radical (unpaired) electrons. The van der Waals surface area contributed by atoms with Crippen molar-refractivity contribution in [2.45, 2.75) is 59.0 Å². The van der Waals surface area contributed by atoms with E-state index in [1.54, 1.807) is 25.3 Å². The average Bonchev–Trinajstić information content (AvgIpc) is 2.58. The fourth-order valence-corrected chi connectivity index (χ4v) is 2.13. The summed E-state index contributed by atoms with van der Waals surface area (Å²) in [5.41, 5.74) is -0.160. The number of ether oxygens (including phenoxy) is 2. The van der Waals surface area contributed by atoms with Gasteiger partial charge in [0.1, 0.15) is 17.1 Å². The highest BCUT2D eigenvalue weighted by atomic mass is 16.5. The van der Waals surface area contributed by atoms with Crippen LogP contribution in [0.25, 0.3) is 0 Å². The van der Waals surface area contributed by atoms with E-state index in [0.717, 1.165) is 45.1 Å². The van der Waals surface area contributed by atoms with E-state index in [0.29, 0.717) is 0 Å². The summed E-state index contributed by atoms with van der Waals surface area (Å²) >= 11 is 0. The number of phenolic OH excluding ortho intramolecular Hbond substituents is 1. The number of hydrogen-bond donors (Lipinski definition) is 2. The molecule has 1 aromatic carbocycles. The van der Waals surface area contributed by atoms with Gasteiger partial charge in [0, 0.05) is 26.9 Å². The SMILES string of the molecule is CC.CCC(CC)(CCCOC)Oc1cccc(O)c1.CO. The van der Waals surface area contributed by atoms with Crippen LogP contribution >= 0.6 is 0 Å². The molecule has 22 heavy (non-hydrogen) atoms. The summed E-state index contributed by atoms with van der Waals surface area (Å²) in [6.45, 7) is 9.03. The molecule has 0 fully saturated rings. The van der Waals surface area contributed by atoms with Gasteiger partial charge in [0.2, 0.25) is 0 Å². The number of aliphatic hydroxyl groups is 1. The molecule has 0 unspecified atom stereocenters. The smallest absolute Gasteiger partial charge is 0.123 e. The molecular formula is C18H34O4. The highest BCUT2D eigenvalue weighted by molar-refractivity contribution is 5.32. The van der Waals surface area contributed by atoms with Gasteiger partial charge in [-0.2, -0.15) is 0 Å². The lowest BCUT2D eigenvalue weighted by atomic mass is 9.91. The summed E-state index contributed by atoms with van der Waals surface area (Å²) in [6.07, 6.45) is 3.84. The minimum absolute atomic E-state index is 0.160. The molecular weight excluding hydrogens is 280 g/mol. The molecule has 0 bridgehead atoms. The van der Waals surface area contributed by atoms with E-state index in [4.69, 9.17) is 14.6 Å². The number of phenols is 1. The molecule has 0 aromatic heterocycles. The molecule has 0 saturated heterocycles. The summed E-state index contributed by atoms with van der Waals surface area (Å²) in [5.74, 6) is 0.974. The van der Waals surface area contributed by atoms with Crippen molar-refractivity contribution in [1.29, 1.82) is 0 Å². The topological polar surface area (TPSA) is 58.9 Å². The van der Waals surface area contributed by atoms with E-state index < -0.39 is 0 Å². The highest BCUT2D eigenvalue weighted by Gasteiger charge is 2.27. The molecule has 0 atom stereocenters. The molecule has 0 aliphatic heterocycles. The second-order valence-electron chi connectivity index (χ2n) is 4.59. The lowest BCUT2D eigenvalue weighted by Crippen LogP contribution is -2.35. The molecule has 1 rings (SSSR count). The van der Waals surface area contributed by atoms with Crippen LogP contribution < -0.4 is 4.74 Å². The molecule has 0 heterocycles. The van der Waals surface area contributed by atoms with Crippen molar-refractivity contribution >= 4 is 0 Å². The highest BCUT2D eigenvalue weighted by Crippen LogP contribution is 2.30. The van der Waals surface area contributed by atoms with Gasteiger partial charge in [-0.1, -0.05) is 33.8 Å². The van der Waals surface area contributed by atoms with E-state index in [1.807, 2.05) is 19.9 Å². The van der Waals surface area contributed by atoms with Crippen LogP contribution in [0.5, 0.6) is 11.5 Å². The summed E-state index contributed by atoms with van der Waals surface area (Å²) in [7, 11) is 2.72. The number of benzene rings is 1. The minimum atomic E-state index is -0.160. The van der Waals surface area contributed by atoms with Gasteiger partial charge < -0.3 is 19.7 Å². The van der Waals surface area contributed by atoms with Gasteiger partial charge in [0.05, 0.1) is 0 Å². The first-order valence-electron chi connectivity index (χ1n) is 8.07.